The van der Waals surface area contributed by atoms with Gasteiger partial charge in [-0.2, -0.15) is 0 Å². The number of carbonyl (C=O) groups is 3. The van der Waals surface area contributed by atoms with Crippen LogP contribution in [0.2, 0.25) is 0 Å². The number of esters is 2. The molecule has 2 atom stereocenters. The van der Waals surface area contributed by atoms with E-state index in [0.717, 1.165) is 42.6 Å². The van der Waals surface area contributed by atoms with Gasteiger partial charge in [0, 0.05) is 43.8 Å². The summed E-state index contributed by atoms with van der Waals surface area (Å²) in [5.74, 6) is -0.650. The summed E-state index contributed by atoms with van der Waals surface area (Å²) >= 11 is 0. The van der Waals surface area contributed by atoms with Gasteiger partial charge in [0.2, 0.25) is 0 Å². The zero-order valence-electron chi connectivity index (χ0n) is 19.9. The van der Waals surface area contributed by atoms with Crippen LogP contribution in [-0.2, 0) is 20.9 Å². The Morgan fingerprint density at radius 3 is 2.35 bits per heavy atom. The first-order chi connectivity index (χ1) is 16.3. The Kier molecular flexibility index (Phi) is 5.85. The average Bonchev–Trinajstić information content (AvgIpc) is 3.51. The second-order valence-electron chi connectivity index (χ2n) is 9.61. The van der Waals surface area contributed by atoms with Gasteiger partial charge in [-0.1, -0.05) is 6.07 Å². The number of rotatable bonds is 5. The van der Waals surface area contributed by atoms with Crippen molar-refractivity contribution < 1.29 is 29.0 Å². The number of aliphatic hydroxyl groups is 1. The number of nitrogens with zero attached hydrogens (tertiary/aromatic N) is 3. The molecule has 2 amide bonds. The van der Waals surface area contributed by atoms with Gasteiger partial charge < -0.3 is 19.5 Å². The third-order valence-corrected chi connectivity index (χ3v) is 7.95. The molecule has 0 spiro atoms. The van der Waals surface area contributed by atoms with Crippen molar-refractivity contribution in [2.75, 3.05) is 32.8 Å². The number of urea groups is 1. The van der Waals surface area contributed by atoms with Gasteiger partial charge in [0.05, 0.1) is 22.9 Å². The Morgan fingerprint density at radius 1 is 0.971 bits per heavy atom. The molecular weight excluding hydrogens is 438 g/mol. The summed E-state index contributed by atoms with van der Waals surface area (Å²) in [6.45, 7) is 8.86. The highest BCUT2D eigenvalue weighted by atomic mass is 16.5. The van der Waals surface area contributed by atoms with Crippen molar-refractivity contribution in [1.82, 2.24) is 14.7 Å². The first kappa shape index (κ1) is 22.9. The number of likely N-dealkylation sites (tertiary alicyclic amines) is 1. The molecule has 1 N–H and O–H groups in total. The van der Waals surface area contributed by atoms with Gasteiger partial charge in [-0.25, -0.2) is 14.4 Å². The molecule has 1 aromatic carbocycles. The number of hydrogen-bond acceptors (Lipinski definition) is 7. The van der Waals surface area contributed by atoms with E-state index in [1.165, 1.54) is 0 Å². The quantitative estimate of drug-likeness (QED) is 0.660. The van der Waals surface area contributed by atoms with Crippen LogP contribution < -0.4 is 0 Å². The van der Waals surface area contributed by atoms with Crippen LogP contribution in [0.3, 0.4) is 0 Å². The lowest BCUT2D eigenvalue weighted by molar-refractivity contribution is -0.136. The van der Waals surface area contributed by atoms with Gasteiger partial charge in [-0.15, -0.1) is 0 Å². The molecule has 0 aromatic heterocycles. The fourth-order valence-electron chi connectivity index (χ4n) is 5.64. The first-order valence-corrected chi connectivity index (χ1v) is 11.9. The number of amides is 2. The van der Waals surface area contributed by atoms with Gasteiger partial charge in [-0.3, -0.25) is 9.80 Å². The number of cyclic esters (lactones) is 2. The highest BCUT2D eigenvalue weighted by Gasteiger charge is 2.40. The van der Waals surface area contributed by atoms with Crippen LogP contribution in [0.25, 0.3) is 0 Å². The lowest BCUT2D eigenvalue weighted by atomic mass is 9.91. The second kappa shape index (κ2) is 8.70. The van der Waals surface area contributed by atoms with E-state index in [4.69, 9.17) is 9.47 Å². The SMILES string of the molecule is CC1=C(N2CCN(C3CCN(C(C)C(O)c4ccc5c(c4C)COC5=O)CC3)C2=O)COC1=O. The van der Waals surface area contributed by atoms with Crippen LogP contribution in [-0.4, -0.2) is 82.6 Å². The molecule has 0 radical (unpaired) electrons. The number of hydrogen-bond donors (Lipinski definition) is 1. The molecule has 2 fully saturated rings. The monoisotopic (exact) mass is 469 g/mol. The number of fused-ring (bicyclic) bond motifs is 1. The molecule has 9 nitrogen and oxygen atoms in total. The predicted molar refractivity (Wildman–Crippen MR) is 122 cm³/mol. The molecule has 1 aromatic rings. The van der Waals surface area contributed by atoms with Crippen molar-refractivity contribution in [1.29, 1.82) is 0 Å². The Bertz CT molecular complexity index is 1070. The molecule has 5 rings (SSSR count). The topological polar surface area (TPSA) is 99.6 Å². The molecule has 182 valence electrons. The Hall–Kier alpha value is -2.91. The number of ether oxygens (including phenoxy) is 2. The molecule has 4 aliphatic heterocycles. The summed E-state index contributed by atoms with van der Waals surface area (Å²) in [5, 5.41) is 11.2. The zero-order chi connectivity index (χ0) is 24.1. The van der Waals surface area contributed by atoms with Crippen molar-refractivity contribution in [3.8, 4) is 0 Å². The van der Waals surface area contributed by atoms with Crippen LogP contribution in [0.1, 0.15) is 59.8 Å². The van der Waals surface area contributed by atoms with Crippen LogP contribution >= 0.6 is 0 Å². The third-order valence-electron chi connectivity index (χ3n) is 7.95. The largest absolute Gasteiger partial charge is 0.457 e. The van der Waals surface area contributed by atoms with E-state index in [2.05, 4.69) is 4.90 Å². The highest BCUT2D eigenvalue weighted by Crippen LogP contribution is 2.33. The van der Waals surface area contributed by atoms with Crippen molar-refractivity contribution in [2.45, 2.75) is 58.4 Å². The van der Waals surface area contributed by atoms with E-state index in [9.17, 15) is 19.5 Å². The normalized spacial score (nSPS) is 23.5. The third kappa shape index (κ3) is 3.67. The number of carbonyl (C=O) groups excluding carboxylic acids is 3. The summed E-state index contributed by atoms with van der Waals surface area (Å²) in [6, 6.07) is 3.57. The minimum Gasteiger partial charge on any atom is -0.457 e. The van der Waals surface area contributed by atoms with E-state index in [1.807, 2.05) is 24.8 Å². The lowest BCUT2D eigenvalue weighted by Gasteiger charge is -2.40. The molecule has 2 unspecified atom stereocenters. The second-order valence-corrected chi connectivity index (χ2v) is 9.61. The van der Waals surface area contributed by atoms with E-state index >= 15 is 0 Å². The first-order valence-electron chi connectivity index (χ1n) is 11.9. The number of piperidine rings is 1. The van der Waals surface area contributed by atoms with Crippen molar-refractivity contribution in [3.63, 3.8) is 0 Å². The van der Waals surface area contributed by atoms with E-state index in [1.54, 1.807) is 17.9 Å². The maximum Gasteiger partial charge on any atom is 0.338 e. The van der Waals surface area contributed by atoms with Crippen molar-refractivity contribution in [3.05, 3.63) is 45.7 Å². The van der Waals surface area contributed by atoms with Crippen LogP contribution in [0.15, 0.2) is 23.4 Å². The summed E-state index contributed by atoms with van der Waals surface area (Å²) in [6.07, 6.45) is 0.974. The molecule has 9 heteroatoms. The molecule has 2 saturated heterocycles. The standard InChI is InChI=1S/C25H31N3O6/c1-14-18(4-5-19-20(14)12-33-24(19)31)22(29)16(3)26-8-6-17(7-9-26)27-10-11-28(25(27)32)21-13-34-23(30)15(21)2/h4-5,16-17,22,29H,6-13H2,1-3H3. The van der Waals surface area contributed by atoms with Crippen LogP contribution in [0.5, 0.6) is 0 Å². The molecule has 4 aliphatic rings. The highest BCUT2D eigenvalue weighted by molar-refractivity contribution is 5.94. The maximum absolute atomic E-state index is 13.1. The fraction of sp³-hybridized carbons (Fsp3) is 0.560. The molecule has 34 heavy (non-hydrogen) atoms. The molecule has 4 heterocycles. The summed E-state index contributed by atoms with van der Waals surface area (Å²) < 4.78 is 10.2. The van der Waals surface area contributed by atoms with Crippen molar-refractivity contribution >= 4 is 18.0 Å². The Balaban J connectivity index is 1.21. The minimum absolute atomic E-state index is 0.0512. The van der Waals surface area contributed by atoms with Gasteiger partial charge >= 0.3 is 18.0 Å². The maximum atomic E-state index is 13.1. The molecular formula is C25H31N3O6. The van der Waals surface area contributed by atoms with Crippen LogP contribution in [0.4, 0.5) is 4.79 Å². The Morgan fingerprint density at radius 2 is 1.68 bits per heavy atom. The van der Waals surface area contributed by atoms with Gasteiger partial charge in [-0.05, 0) is 50.8 Å². The average molecular weight is 470 g/mol. The van der Waals surface area contributed by atoms with Gasteiger partial charge in [0.25, 0.3) is 0 Å². The van der Waals surface area contributed by atoms with Gasteiger partial charge in [0.15, 0.2) is 0 Å². The fourth-order valence-corrected chi connectivity index (χ4v) is 5.64. The van der Waals surface area contributed by atoms with E-state index < -0.39 is 6.10 Å². The van der Waals surface area contributed by atoms with E-state index in [0.29, 0.717) is 29.9 Å². The molecule has 0 saturated carbocycles. The van der Waals surface area contributed by atoms with Crippen molar-refractivity contribution in [2.24, 2.45) is 0 Å². The minimum atomic E-state index is -0.684. The number of aliphatic hydroxyl groups excluding tert-OH is 1. The van der Waals surface area contributed by atoms with E-state index in [-0.39, 0.29) is 43.3 Å². The zero-order valence-corrected chi connectivity index (χ0v) is 19.9. The number of benzene rings is 1. The summed E-state index contributed by atoms with van der Waals surface area (Å²) in [7, 11) is 0. The molecule has 0 bridgehead atoms. The molecule has 0 aliphatic carbocycles. The predicted octanol–water partition coefficient (Wildman–Crippen LogP) is 2.12. The van der Waals surface area contributed by atoms with Crippen LogP contribution in [0, 0.1) is 6.92 Å². The summed E-state index contributed by atoms with van der Waals surface area (Å²) in [5.41, 5.74) is 4.40. The van der Waals surface area contributed by atoms with Gasteiger partial charge in [0.1, 0.15) is 13.2 Å². The Labute approximate surface area is 198 Å². The smallest absolute Gasteiger partial charge is 0.338 e. The lowest BCUT2D eigenvalue weighted by Crippen LogP contribution is -2.49. The summed E-state index contributed by atoms with van der Waals surface area (Å²) in [4.78, 5) is 42.5.